The second-order valence-corrected chi connectivity index (χ2v) is 19.9. The van der Waals surface area contributed by atoms with Gasteiger partial charge in [-0.3, -0.25) is 24.2 Å². The number of carbonyl (C=O) groups is 3. The molecule has 1 amide bonds. The summed E-state index contributed by atoms with van der Waals surface area (Å²) in [5.41, 5.74) is 5.52. The lowest BCUT2D eigenvalue weighted by Crippen LogP contribution is -2.81. The van der Waals surface area contributed by atoms with Gasteiger partial charge in [0.2, 0.25) is 0 Å². The van der Waals surface area contributed by atoms with Crippen molar-refractivity contribution in [2.24, 2.45) is 17.1 Å². The summed E-state index contributed by atoms with van der Waals surface area (Å²) >= 11 is 0. The number of hydrogen-bond donors (Lipinski definition) is 7. The fourth-order valence-corrected chi connectivity index (χ4v) is 13.9. The number of piperidine rings is 1. The van der Waals surface area contributed by atoms with Crippen LogP contribution in [0.25, 0.3) is 10.9 Å². The largest absolute Gasteiger partial charge is 0.467 e. The van der Waals surface area contributed by atoms with Gasteiger partial charge in [-0.1, -0.05) is 50.3 Å². The van der Waals surface area contributed by atoms with Gasteiger partial charge in [-0.15, -0.1) is 0 Å². The van der Waals surface area contributed by atoms with Crippen LogP contribution in [0.1, 0.15) is 87.2 Å². The number of ether oxygens (including phenoxy) is 2. The lowest BCUT2D eigenvalue weighted by molar-refractivity contribution is -0.203. The number of para-hydroxylation sites is 1. The number of amides is 1. The highest BCUT2D eigenvalue weighted by atomic mass is 16.5. The highest BCUT2D eigenvalue weighted by Crippen LogP contribution is 2.67. The predicted octanol–water partition coefficient (Wildman–Crippen LogP) is 2.13. The Morgan fingerprint density at radius 2 is 1.89 bits per heavy atom. The summed E-state index contributed by atoms with van der Waals surface area (Å²) in [4.78, 5) is 49.9. The molecule has 3 fully saturated rings. The van der Waals surface area contributed by atoms with Crippen LogP contribution in [0.15, 0.2) is 48.6 Å². The number of likely N-dealkylation sites (N-methyl/N-ethyl adjacent to an activating group) is 1. The molecule has 6 unspecified atom stereocenters. The van der Waals surface area contributed by atoms with Crippen LogP contribution in [0.2, 0.25) is 0 Å². The minimum atomic E-state index is -2.32. The quantitative estimate of drug-likeness (QED) is 0.0568. The van der Waals surface area contributed by atoms with Gasteiger partial charge in [-0.05, 0) is 98.7 Å². The van der Waals surface area contributed by atoms with Crippen LogP contribution in [-0.2, 0) is 47.7 Å². The van der Waals surface area contributed by atoms with E-state index in [1.807, 2.05) is 56.1 Å². The fourth-order valence-electron chi connectivity index (χ4n) is 13.9. The zero-order valence-corrected chi connectivity index (χ0v) is 37.6. The first-order valence-corrected chi connectivity index (χ1v) is 23.3. The number of hydrogen-bond acceptors (Lipinski definition) is 13. The van der Waals surface area contributed by atoms with Gasteiger partial charge in [0.15, 0.2) is 5.60 Å². The summed E-state index contributed by atoms with van der Waals surface area (Å²) in [6, 6.07) is 10.3. The SMILES string of the molecule is CCC1(O)CC2CN(CCc3c([nH]c4ccccc34)[C@@](COC=O)(c3cc4c(cc3CO)N(C)C3C45CCN4CC=C[C@](CC)(C45)[C@@H](O)[C@]3(O)C(=O)NCCCOC(=O)[C@H](C)N)C2)C1. The maximum atomic E-state index is 14.9. The van der Waals surface area contributed by atoms with Gasteiger partial charge in [0, 0.05) is 78.9 Å². The van der Waals surface area contributed by atoms with Gasteiger partial charge in [-0.2, -0.15) is 0 Å². The Kier molecular flexibility index (Phi) is 11.6. The lowest BCUT2D eigenvalue weighted by Gasteiger charge is -2.63. The molecule has 64 heavy (non-hydrogen) atoms. The number of nitrogens with one attached hydrogen (secondary N) is 2. The van der Waals surface area contributed by atoms with Crippen LogP contribution in [0.5, 0.6) is 0 Å². The van der Waals surface area contributed by atoms with Crippen molar-refractivity contribution in [1.82, 2.24) is 20.1 Å². The van der Waals surface area contributed by atoms with Crippen molar-refractivity contribution in [2.75, 3.05) is 64.4 Å². The van der Waals surface area contributed by atoms with E-state index in [-0.39, 0.29) is 44.7 Å². The summed E-state index contributed by atoms with van der Waals surface area (Å²) < 4.78 is 11.2. The summed E-state index contributed by atoms with van der Waals surface area (Å²) in [5, 5.41) is 53.7. The maximum absolute atomic E-state index is 14.9. The number of rotatable bonds is 13. The van der Waals surface area contributed by atoms with Gasteiger partial charge in [0.05, 0.1) is 30.3 Å². The van der Waals surface area contributed by atoms with Crippen molar-refractivity contribution in [1.29, 1.82) is 0 Å². The normalized spacial score (nSPS) is 35.6. The molecule has 1 saturated carbocycles. The van der Waals surface area contributed by atoms with Crippen molar-refractivity contribution in [3.8, 4) is 0 Å². The van der Waals surface area contributed by atoms with Crippen LogP contribution in [0.3, 0.4) is 0 Å². The Morgan fingerprint density at radius 3 is 2.62 bits per heavy atom. The first-order valence-electron chi connectivity index (χ1n) is 23.3. The first-order chi connectivity index (χ1) is 30.7. The second kappa shape index (κ2) is 16.5. The predicted molar refractivity (Wildman–Crippen MR) is 240 cm³/mol. The molecule has 2 bridgehead atoms. The molecule has 11 atom stereocenters. The van der Waals surface area contributed by atoms with Gasteiger partial charge < -0.3 is 50.8 Å². The third kappa shape index (κ3) is 6.50. The van der Waals surface area contributed by atoms with E-state index in [2.05, 4.69) is 38.3 Å². The second-order valence-electron chi connectivity index (χ2n) is 19.9. The molecule has 1 spiro atoms. The van der Waals surface area contributed by atoms with Crippen molar-refractivity contribution >= 4 is 34.9 Å². The van der Waals surface area contributed by atoms with Crippen LogP contribution < -0.4 is 16.0 Å². The fraction of sp³-hybridized carbons (Fsp3) is 0.612. The molecule has 346 valence electrons. The number of anilines is 1. The number of carbonyl (C=O) groups excluding carboxylic acids is 3. The van der Waals surface area contributed by atoms with E-state index in [0.29, 0.717) is 70.2 Å². The molecule has 6 heterocycles. The van der Waals surface area contributed by atoms with Crippen molar-refractivity contribution < 1.29 is 44.3 Å². The number of H-pyrrole nitrogens is 1. The highest BCUT2D eigenvalue weighted by Gasteiger charge is 2.78. The average Bonchev–Trinajstić information content (AvgIpc) is 3.95. The third-order valence-corrected chi connectivity index (χ3v) is 16.5. The van der Waals surface area contributed by atoms with Gasteiger partial charge in [0.1, 0.15) is 18.8 Å². The molecule has 9 rings (SSSR count). The topological polar surface area (TPSA) is 214 Å². The Labute approximate surface area is 374 Å². The number of aromatic nitrogens is 1. The first kappa shape index (κ1) is 44.8. The van der Waals surface area contributed by atoms with E-state index in [4.69, 9.17) is 15.2 Å². The van der Waals surface area contributed by atoms with Crippen molar-refractivity contribution in [3.63, 3.8) is 0 Å². The zero-order chi connectivity index (χ0) is 45.4. The lowest BCUT2D eigenvalue weighted by atomic mass is 9.47. The minimum absolute atomic E-state index is 0.0151. The monoisotopic (exact) mass is 882 g/mol. The van der Waals surface area contributed by atoms with E-state index in [0.717, 1.165) is 52.1 Å². The van der Waals surface area contributed by atoms with Gasteiger partial charge in [-0.25, -0.2) is 0 Å². The summed E-state index contributed by atoms with van der Waals surface area (Å²) in [6.45, 7) is 9.14. The maximum Gasteiger partial charge on any atom is 0.322 e. The molecule has 5 aliphatic heterocycles. The smallest absolute Gasteiger partial charge is 0.322 e. The molecule has 2 aromatic carbocycles. The molecular weight excluding hydrogens is 817 g/mol. The van der Waals surface area contributed by atoms with Crippen LogP contribution in [-0.4, -0.2) is 149 Å². The number of esters is 1. The number of fused-ring (bicyclic) bond motifs is 6. The van der Waals surface area contributed by atoms with Crippen LogP contribution in [0.4, 0.5) is 5.69 Å². The number of aromatic amines is 1. The molecule has 0 radical (unpaired) electrons. The standard InChI is InChI=1S/C49H66N6O9/c1-5-45(61)23-31-24-47(28-63-29-57,39-34(13-18-54(25-31)27-45)33-11-7-8-12-37(33)52-39)35-22-36-38(21-32(35)26-56)53(4)42-48(36)15-19-55-17-9-14-46(6-2,41(48)55)43(59)49(42,62)44(60)51-16-10-20-64-40(58)30(3)50/h7-9,11-12,14,21-22,29-31,41-43,52,56,59,61-62H,5-6,10,13,15-20,23-28,50H2,1-4H3,(H,51,60)/t30-,31?,41?,42?,43+,45?,46+,47-,48?,49-/m0/s1. The van der Waals surface area contributed by atoms with Crippen LogP contribution >= 0.6 is 0 Å². The van der Waals surface area contributed by atoms with Crippen molar-refractivity contribution in [2.45, 2.75) is 119 Å². The number of aliphatic hydroxyl groups excluding tert-OH is 2. The Hall–Kier alpha value is -4.35. The molecular formula is C49H66N6O9. The molecule has 1 aromatic heterocycles. The van der Waals surface area contributed by atoms with Gasteiger partial charge in [0.25, 0.3) is 12.4 Å². The number of aliphatic hydroxyl groups is 4. The van der Waals surface area contributed by atoms with E-state index in [1.165, 1.54) is 6.92 Å². The van der Waals surface area contributed by atoms with E-state index >= 15 is 0 Å². The Balaban J connectivity index is 1.24. The molecule has 15 heteroatoms. The zero-order valence-electron chi connectivity index (χ0n) is 37.6. The summed E-state index contributed by atoms with van der Waals surface area (Å²) in [5.74, 6) is -1.28. The van der Waals surface area contributed by atoms with E-state index < -0.39 is 57.5 Å². The highest BCUT2D eigenvalue weighted by molar-refractivity contribution is 5.91. The van der Waals surface area contributed by atoms with E-state index in [9.17, 15) is 34.8 Å². The summed E-state index contributed by atoms with van der Waals surface area (Å²) in [7, 11) is 1.86. The Morgan fingerprint density at radius 1 is 1.09 bits per heavy atom. The molecule has 1 aliphatic carbocycles. The third-order valence-electron chi connectivity index (χ3n) is 16.5. The van der Waals surface area contributed by atoms with E-state index in [1.54, 1.807) is 0 Å². The molecule has 6 aliphatic rings. The number of nitrogens with zero attached hydrogens (tertiary/aromatic N) is 3. The molecule has 3 aromatic rings. The Bertz CT molecular complexity index is 2340. The van der Waals surface area contributed by atoms with Crippen molar-refractivity contribution in [3.05, 3.63) is 76.5 Å². The van der Waals surface area contributed by atoms with Crippen LogP contribution in [0, 0.1) is 11.3 Å². The summed E-state index contributed by atoms with van der Waals surface area (Å²) in [6.07, 6.45) is 6.19. The minimum Gasteiger partial charge on any atom is -0.467 e. The number of benzene rings is 2. The molecule has 15 nitrogen and oxygen atoms in total. The number of nitrogens with two attached hydrogens (primary N) is 1. The van der Waals surface area contributed by atoms with Gasteiger partial charge >= 0.3 is 5.97 Å². The molecule has 8 N–H and O–H groups in total. The average molecular weight is 883 g/mol. The molecule has 2 saturated heterocycles.